The quantitative estimate of drug-likeness (QED) is 0.595. The summed E-state index contributed by atoms with van der Waals surface area (Å²) in [6.45, 7) is 1.69. The van der Waals surface area contributed by atoms with Crippen LogP contribution < -0.4 is 0 Å². The van der Waals surface area contributed by atoms with Crippen LogP contribution in [-0.4, -0.2) is 0 Å². The maximum absolute atomic E-state index is 13.3. The molecule has 2 rings (SSSR count). The largest absolute Gasteiger partial charge is 0.207 e. The van der Waals surface area contributed by atoms with E-state index in [4.69, 9.17) is 23.2 Å². The molecule has 0 saturated heterocycles. The molecule has 0 radical (unpaired) electrons. The van der Waals surface area contributed by atoms with E-state index in [1.807, 2.05) is 24.3 Å². The smallest absolute Gasteiger partial charge is 0.127 e. The Hall–Kier alpha value is -0.570. The zero-order valence-electron chi connectivity index (χ0n) is 9.55. The fourth-order valence-corrected chi connectivity index (χ4v) is 2.59. The summed E-state index contributed by atoms with van der Waals surface area (Å²) in [5.74, 6) is -0.316. The van der Waals surface area contributed by atoms with E-state index in [2.05, 4.69) is 15.9 Å². The summed E-state index contributed by atoms with van der Waals surface area (Å²) >= 11 is 15.8. The zero-order valence-corrected chi connectivity index (χ0v) is 12.7. The van der Waals surface area contributed by atoms with Crippen LogP contribution in [0.15, 0.2) is 40.9 Å². The van der Waals surface area contributed by atoms with Crippen LogP contribution in [0.2, 0.25) is 5.02 Å². The van der Waals surface area contributed by atoms with Crippen LogP contribution in [0.5, 0.6) is 0 Å². The van der Waals surface area contributed by atoms with E-state index in [9.17, 15) is 4.39 Å². The Morgan fingerprint density at radius 1 is 1.17 bits per heavy atom. The molecule has 0 aliphatic carbocycles. The number of benzene rings is 2. The van der Waals surface area contributed by atoms with E-state index in [-0.39, 0.29) is 11.2 Å². The van der Waals surface area contributed by atoms with Gasteiger partial charge >= 0.3 is 0 Å². The Morgan fingerprint density at radius 2 is 1.78 bits per heavy atom. The summed E-state index contributed by atoms with van der Waals surface area (Å²) in [6, 6.07) is 10.6. The average Bonchev–Trinajstić information content (AvgIpc) is 2.34. The fraction of sp³-hybridized carbons (Fsp3) is 0.143. The Bertz CT molecular complexity index is 567. The molecule has 0 spiro atoms. The minimum atomic E-state index is -0.384. The SMILES string of the molecule is Cc1cc(C(Cl)c2ccc(Br)cc2)c(Cl)cc1F. The van der Waals surface area contributed by atoms with E-state index in [0.717, 1.165) is 15.6 Å². The molecule has 0 fully saturated rings. The molecule has 1 unspecified atom stereocenters. The van der Waals surface area contributed by atoms with E-state index in [0.29, 0.717) is 10.6 Å². The van der Waals surface area contributed by atoms with E-state index < -0.39 is 0 Å². The van der Waals surface area contributed by atoms with Crippen LogP contribution in [0.3, 0.4) is 0 Å². The molecule has 2 aromatic carbocycles. The molecule has 2 aromatic rings. The Labute approximate surface area is 124 Å². The standard InChI is InChI=1S/C14H10BrCl2F/c1-8-6-11(12(16)7-13(8)18)14(17)9-2-4-10(15)5-3-9/h2-7,14H,1H3. The number of halogens is 4. The molecular formula is C14H10BrCl2F. The third kappa shape index (κ3) is 2.87. The van der Waals surface area contributed by atoms with Crippen LogP contribution in [-0.2, 0) is 0 Å². The summed E-state index contributed by atoms with van der Waals surface area (Å²) in [5, 5.41) is -0.0362. The maximum atomic E-state index is 13.3. The first kappa shape index (κ1) is 13.9. The van der Waals surface area contributed by atoms with Crippen LogP contribution in [0.1, 0.15) is 22.1 Å². The Kier molecular flexibility index (Phi) is 4.31. The Morgan fingerprint density at radius 3 is 2.39 bits per heavy atom. The summed E-state index contributed by atoms with van der Waals surface area (Å²) in [4.78, 5) is 0. The van der Waals surface area contributed by atoms with Crippen LogP contribution in [0.4, 0.5) is 4.39 Å². The second-order valence-corrected chi connectivity index (χ2v) is 5.80. The number of aryl methyl sites for hydroxylation is 1. The van der Waals surface area contributed by atoms with Crippen molar-refractivity contribution in [3.63, 3.8) is 0 Å². The number of alkyl halides is 1. The van der Waals surface area contributed by atoms with E-state index in [1.165, 1.54) is 6.07 Å². The topological polar surface area (TPSA) is 0 Å². The van der Waals surface area contributed by atoms with Gasteiger partial charge in [-0.2, -0.15) is 0 Å². The van der Waals surface area contributed by atoms with Gasteiger partial charge in [-0.25, -0.2) is 4.39 Å². The van der Waals surface area contributed by atoms with Gasteiger partial charge in [0, 0.05) is 9.50 Å². The van der Waals surface area contributed by atoms with Crippen molar-refractivity contribution < 1.29 is 4.39 Å². The fourth-order valence-electron chi connectivity index (χ4n) is 1.69. The van der Waals surface area contributed by atoms with Crippen LogP contribution in [0.25, 0.3) is 0 Å². The molecule has 0 amide bonds. The van der Waals surface area contributed by atoms with Gasteiger partial charge < -0.3 is 0 Å². The summed E-state index contributed by atoms with van der Waals surface area (Å²) in [7, 11) is 0. The predicted octanol–water partition coefficient (Wildman–Crippen LogP) is 5.88. The highest BCUT2D eigenvalue weighted by atomic mass is 79.9. The first-order valence-corrected chi connectivity index (χ1v) is 6.95. The molecule has 0 aromatic heterocycles. The van der Waals surface area contributed by atoms with Crippen molar-refractivity contribution in [2.24, 2.45) is 0 Å². The van der Waals surface area contributed by atoms with Gasteiger partial charge in [0.05, 0.1) is 5.38 Å². The van der Waals surface area contributed by atoms with Gasteiger partial charge in [-0.3, -0.25) is 0 Å². The van der Waals surface area contributed by atoms with Gasteiger partial charge in [0.25, 0.3) is 0 Å². The molecule has 0 heterocycles. The van der Waals surface area contributed by atoms with Gasteiger partial charge in [-0.15, -0.1) is 11.6 Å². The highest BCUT2D eigenvalue weighted by molar-refractivity contribution is 9.10. The summed E-state index contributed by atoms with van der Waals surface area (Å²) < 4.78 is 14.3. The second kappa shape index (κ2) is 5.60. The molecule has 94 valence electrons. The van der Waals surface area contributed by atoms with Crippen molar-refractivity contribution in [3.05, 3.63) is 68.4 Å². The minimum absolute atomic E-state index is 0.316. The van der Waals surface area contributed by atoms with Gasteiger partial charge in [-0.1, -0.05) is 39.7 Å². The van der Waals surface area contributed by atoms with E-state index >= 15 is 0 Å². The average molecular weight is 348 g/mol. The Balaban J connectivity index is 2.42. The molecule has 0 N–H and O–H groups in total. The van der Waals surface area contributed by atoms with Crippen molar-refractivity contribution >= 4 is 39.1 Å². The van der Waals surface area contributed by atoms with Crippen molar-refractivity contribution in [1.82, 2.24) is 0 Å². The molecule has 0 bridgehead atoms. The normalized spacial score (nSPS) is 12.5. The van der Waals surface area contributed by atoms with Crippen molar-refractivity contribution in [3.8, 4) is 0 Å². The number of rotatable bonds is 2. The lowest BCUT2D eigenvalue weighted by molar-refractivity contribution is 0.618. The highest BCUT2D eigenvalue weighted by Crippen LogP contribution is 2.35. The van der Waals surface area contributed by atoms with Crippen molar-refractivity contribution in [1.29, 1.82) is 0 Å². The molecular weight excluding hydrogens is 338 g/mol. The first-order chi connectivity index (χ1) is 8.49. The third-order valence-electron chi connectivity index (χ3n) is 2.71. The van der Waals surface area contributed by atoms with E-state index in [1.54, 1.807) is 13.0 Å². The van der Waals surface area contributed by atoms with Gasteiger partial charge in [0.1, 0.15) is 5.82 Å². The second-order valence-electron chi connectivity index (χ2n) is 4.04. The molecule has 18 heavy (non-hydrogen) atoms. The maximum Gasteiger partial charge on any atom is 0.127 e. The highest BCUT2D eigenvalue weighted by Gasteiger charge is 2.16. The van der Waals surface area contributed by atoms with Crippen LogP contribution >= 0.6 is 39.1 Å². The molecule has 0 saturated carbocycles. The lowest BCUT2D eigenvalue weighted by Gasteiger charge is -2.13. The predicted molar refractivity (Wildman–Crippen MR) is 78.0 cm³/mol. The van der Waals surface area contributed by atoms with Gasteiger partial charge in [0.15, 0.2) is 0 Å². The van der Waals surface area contributed by atoms with Crippen molar-refractivity contribution in [2.75, 3.05) is 0 Å². The van der Waals surface area contributed by atoms with Crippen molar-refractivity contribution in [2.45, 2.75) is 12.3 Å². The minimum Gasteiger partial charge on any atom is -0.207 e. The monoisotopic (exact) mass is 346 g/mol. The molecule has 1 atom stereocenters. The summed E-state index contributed by atoms with van der Waals surface area (Å²) in [5.41, 5.74) is 2.18. The lowest BCUT2D eigenvalue weighted by atomic mass is 10.0. The molecule has 0 nitrogen and oxygen atoms in total. The molecule has 0 aliphatic heterocycles. The van der Waals surface area contributed by atoms with Crippen LogP contribution in [0, 0.1) is 12.7 Å². The van der Waals surface area contributed by atoms with Gasteiger partial charge in [0.2, 0.25) is 0 Å². The number of hydrogen-bond donors (Lipinski definition) is 0. The first-order valence-electron chi connectivity index (χ1n) is 5.34. The van der Waals surface area contributed by atoms with Gasteiger partial charge in [-0.05, 0) is 47.9 Å². The third-order valence-corrected chi connectivity index (χ3v) is 4.06. The lowest BCUT2D eigenvalue weighted by Crippen LogP contribution is -1.96. The summed E-state index contributed by atoms with van der Waals surface area (Å²) in [6.07, 6.45) is 0. The zero-order chi connectivity index (χ0) is 13.3. The molecule has 0 aliphatic rings. The molecule has 4 heteroatoms. The number of hydrogen-bond acceptors (Lipinski definition) is 0.